The number of carboxylic acids is 8. The molecule has 1 aliphatic rings. The second-order valence-electron chi connectivity index (χ2n) is 23.7. The van der Waals surface area contributed by atoms with Crippen LogP contribution in [-0.4, -0.2) is 275 Å². The summed E-state index contributed by atoms with van der Waals surface area (Å²) in [4.78, 5) is 181. The Balaban J connectivity index is 1.58. The van der Waals surface area contributed by atoms with Crippen molar-refractivity contribution in [1.82, 2.24) is 56.8 Å². The van der Waals surface area contributed by atoms with Gasteiger partial charge in [0.25, 0.3) is 0 Å². The monoisotopic (exact) mass is 1390 g/mol. The van der Waals surface area contributed by atoms with Crippen molar-refractivity contribution in [2.45, 2.75) is 152 Å². The molecule has 0 aliphatic carbocycles. The SMILES string of the molecule is O=C(O)CC[C@H](NC(=O)NC(CCCCNC(=O)CCCCCCC(=O)NCCCC[C@@H](NC(=O)[C@@H](Cc1ccccc1)NC(=O)C(Cc1ccc(O)c(O)c1)NC(=O)CCC(C(=O)O)N1CCN(CC(=O)O)CCN(CC(=O)O)CCN(CC(=O)O)CC1)C(=O)O)C(=O)O)C(=O)O. The van der Waals surface area contributed by atoms with Crippen molar-refractivity contribution in [3.63, 3.8) is 0 Å². The molecule has 0 saturated carbocycles. The molecule has 0 bridgehead atoms. The minimum atomic E-state index is -1.55. The molecular formula is C63H93N11O24. The summed E-state index contributed by atoms with van der Waals surface area (Å²) in [5.74, 6) is -14.8. The van der Waals surface area contributed by atoms with E-state index in [-0.39, 0.29) is 141 Å². The van der Waals surface area contributed by atoms with Crippen molar-refractivity contribution in [3.8, 4) is 11.5 Å². The lowest BCUT2D eigenvalue weighted by molar-refractivity contribution is -0.145. The summed E-state index contributed by atoms with van der Waals surface area (Å²) in [5.41, 5.74) is 0.754. The van der Waals surface area contributed by atoms with E-state index in [2.05, 4.69) is 31.9 Å². The van der Waals surface area contributed by atoms with Crippen LogP contribution < -0.4 is 37.2 Å². The number of carbonyl (C=O) groups excluding carboxylic acids is 6. The van der Waals surface area contributed by atoms with Crippen LogP contribution in [0.5, 0.6) is 11.5 Å². The normalized spacial score (nSPS) is 15.3. The van der Waals surface area contributed by atoms with Gasteiger partial charge >= 0.3 is 53.8 Å². The van der Waals surface area contributed by atoms with Gasteiger partial charge in [0.2, 0.25) is 29.5 Å². The molecule has 3 rings (SSSR count). The van der Waals surface area contributed by atoms with Gasteiger partial charge in [-0.3, -0.25) is 67.5 Å². The van der Waals surface area contributed by atoms with Gasteiger partial charge in [0.05, 0.1) is 19.6 Å². The number of nitrogens with one attached hydrogen (secondary N) is 7. The van der Waals surface area contributed by atoms with Gasteiger partial charge in [0, 0.05) is 104 Å². The fourth-order valence-electron chi connectivity index (χ4n) is 10.6. The molecule has 98 heavy (non-hydrogen) atoms. The standard InChI is InChI=1S/C63H93N11O24/c75-48-21-18-41(36-49(48)76)35-45(66-52(79)22-20-47(62(96)97)74-32-30-72(38-55(84)85)28-26-71(37-54(82)83)27-29-73(31-33-74)39-56(86)87)57(88)68-46(34-40-12-4-3-5-13-40)58(89)67-42(59(90)91)14-8-10-24-64-50(77)16-6-1-2-7-17-51(78)65-25-11-9-15-43(60(92)93)69-63(98)70-44(61(94)95)19-23-53(80)81/h3-5,12-13,18,21,36,42-47,75-76H,1-2,6-11,14-17,19-20,22-35,37-39H2,(H,64,77)(H,65,78)(H,66,79)(H,67,89)(H,68,88)(H,80,81)(H,82,83)(H,84,85)(H,86,87)(H,90,91)(H,92,93)(H,94,95)(H,96,97)(H2,69,70,98)/t42-,43?,44+,45?,46-,47?/m1/s1. The van der Waals surface area contributed by atoms with E-state index in [0.717, 1.165) is 12.1 Å². The summed E-state index contributed by atoms with van der Waals surface area (Å²) < 4.78 is 0. The molecule has 7 amide bonds. The van der Waals surface area contributed by atoms with Crippen molar-refractivity contribution in [1.29, 1.82) is 0 Å². The first-order chi connectivity index (χ1) is 46.5. The van der Waals surface area contributed by atoms with E-state index in [1.165, 1.54) is 25.7 Å². The van der Waals surface area contributed by atoms with Gasteiger partial charge in [-0.1, -0.05) is 49.2 Å². The largest absolute Gasteiger partial charge is 0.504 e. The fourth-order valence-corrected chi connectivity index (χ4v) is 10.6. The molecule has 2 aromatic carbocycles. The summed E-state index contributed by atoms with van der Waals surface area (Å²) in [6.07, 6.45) is 1.32. The minimum Gasteiger partial charge on any atom is -0.504 e. The number of amides is 7. The Kier molecular flexibility index (Phi) is 37.8. The maximum Gasteiger partial charge on any atom is 0.326 e. The number of urea groups is 1. The lowest BCUT2D eigenvalue weighted by atomic mass is 10.0. The van der Waals surface area contributed by atoms with Crippen LogP contribution in [0.3, 0.4) is 0 Å². The lowest BCUT2D eigenvalue weighted by Gasteiger charge is -2.35. The van der Waals surface area contributed by atoms with Crippen molar-refractivity contribution < 1.29 is 118 Å². The molecule has 1 aliphatic heterocycles. The third-order valence-corrected chi connectivity index (χ3v) is 15.9. The Morgan fingerprint density at radius 1 is 0.367 bits per heavy atom. The highest BCUT2D eigenvalue weighted by Crippen LogP contribution is 2.26. The highest BCUT2D eigenvalue weighted by atomic mass is 16.4. The summed E-state index contributed by atoms with van der Waals surface area (Å²) >= 11 is 0. The minimum absolute atomic E-state index is 0.0250. The second-order valence-corrected chi connectivity index (χ2v) is 23.7. The molecule has 17 N–H and O–H groups in total. The molecule has 1 saturated heterocycles. The van der Waals surface area contributed by atoms with E-state index in [1.807, 2.05) is 5.32 Å². The Bertz CT molecular complexity index is 2970. The number of benzene rings is 2. The van der Waals surface area contributed by atoms with Crippen molar-refractivity contribution in [2.75, 3.05) is 85.1 Å². The molecule has 1 heterocycles. The predicted octanol–water partition coefficient (Wildman–Crippen LogP) is -0.885. The van der Waals surface area contributed by atoms with E-state index < -0.39 is 158 Å². The van der Waals surface area contributed by atoms with Crippen LogP contribution in [0, 0.1) is 0 Å². The number of phenols is 2. The number of carboxylic acid groups (broad SMARTS) is 8. The number of phenolic OH excluding ortho intramolecular Hbond substituents is 2. The average Bonchev–Trinajstić information content (AvgIpc) is 0.861. The number of aromatic hydroxyl groups is 2. The van der Waals surface area contributed by atoms with E-state index in [4.69, 9.17) is 5.11 Å². The zero-order valence-corrected chi connectivity index (χ0v) is 54.5. The predicted molar refractivity (Wildman–Crippen MR) is 344 cm³/mol. The molecular weight excluding hydrogens is 1290 g/mol. The average molecular weight is 1390 g/mol. The lowest BCUT2D eigenvalue weighted by Crippen LogP contribution is -2.57. The second kappa shape index (κ2) is 44.9. The first-order valence-electron chi connectivity index (χ1n) is 32.2. The van der Waals surface area contributed by atoms with E-state index in [0.29, 0.717) is 44.1 Å². The molecule has 6 atom stereocenters. The Morgan fingerprint density at radius 2 is 0.796 bits per heavy atom. The topological polar surface area (TPSA) is 538 Å². The van der Waals surface area contributed by atoms with Crippen molar-refractivity contribution in [3.05, 3.63) is 59.7 Å². The van der Waals surface area contributed by atoms with Crippen molar-refractivity contribution >= 4 is 83.3 Å². The third kappa shape index (κ3) is 34.8. The summed E-state index contributed by atoms with van der Waals surface area (Å²) in [5, 5.41) is 115. The molecule has 2 aromatic rings. The Labute approximate surface area is 564 Å². The summed E-state index contributed by atoms with van der Waals surface area (Å²) in [7, 11) is 0. The number of nitrogens with zero attached hydrogens (tertiary/aromatic N) is 4. The number of hydrogen-bond donors (Lipinski definition) is 17. The molecule has 0 spiro atoms. The zero-order chi connectivity index (χ0) is 72.7. The van der Waals surface area contributed by atoms with Crippen LogP contribution in [0.15, 0.2) is 48.5 Å². The molecule has 0 aromatic heterocycles. The maximum absolute atomic E-state index is 14.5. The number of aliphatic carboxylic acids is 8. The van der Waals surface area contributed by atoms with Crippen LogP contribution >= 0.6 is 0 Å². The number of carbonyl (C=O) groups is 14. The van der Waals surface area contributed by atoms with Crippen LogP contribution in [0.1, 0.15) is 114 Å². The number of unbranched alkanes of at least 4 members (excludes halogenated alkanes) is 5. The van der Waals surface area contributed by atoms with Gasteiger partial charge in [-0.15, -0.1) is 0 Å². The number of hydrogen-bond acceptors (Lipinski definition) is 20. The Morgan fingerprint density at radius 3 is 1.23 bits per heavy atom. The fraction of sp³-hybridized carbons (Fsp3) is 0.587. The number of rotatable bonds is 45. The van der Waals surface area contributed by atoms with Gasteiger partial charge in [0.15, 0.2) is 11.5 Å². The molecule has 35 heteroatoms. The molecule has 3 unspecified atom stereocenters. The van der Waals surface area contributed by atoms with E-state index in [1.54, 1.807) is 30.3 Å². The quantitative estimate of drug-likeness (QED) is 0.0283. The smallest absolute Gasteiger partial charge is 0.326 e. The maximum atomic E-state index is 14.5. The van der Waals surface area contributed by atoms with Crippen LogP contribution in [0.2, 0.25) is 0 Å². The summed E-state index contributed by atoms with van der Waals surface area (Å²) in [6, 6.07) is 2.05. The molecule has 0 radical (unpaired) electrons. The highest BCUT2D eigenvalue weighted by molar-refractivity contribution is 5.94. The highest BCUT2D eigenvalue weighted by Gasteiger charge is 2.33. The van der Waals surface area contributed by atoms with E-state index >= 15 is 0 Å². The van der Waals surface area contributed by atoms with Gasteiger partial charge in [-0.2, -0.15) is 0 Å². The third-order valence-electron chi connectivity index (χ3n) is 15.9. The van der Waals surface area contributed by atoms with Crippen LogP contribution in [0.4, 0.5) is 4.79 Å². The Hall–Kier alpha value is -9.74. The van der Waals surface area contributed by atoms with Gasteiger partial charge < -0.3 is 88.3 Å². The van der Waals surface area contributed by atoms with Gasteiger partial charge in [0.1, 0.15) is 36.3 Å². The van der Waals surface area contributed by atoms with Crippen LogP contribution in [-0.2, 0) is 75.2 Å². The first-order valence-corrected chi connectivity index (χ1v) is 32.2. The molecule has 544 valence electrons. The first kappa shape index (κ1) is 82.5. The zero-order valence-electron chi connectivity index (χ0n) is 54.5. The van der Waals surface area contributed by atoms with Crippen molar-refractivity contribution in [2.24, 2.45) is 0 Å². The van der Waals surface area contributed by atoms with Gasteiger partial charge in [-0.25, -0.2) is 19.2 Å². The molecule has 35 nitrogen and oxygen atoms in total. The van der Waals surface area contributed by atoms with Crippen LogP contribution in [0.25, 0.3) is 0 Å². The summed E-state index contributed by atoms with van der Waals surface area (Å²) in [6.45, 7) is -0.881. The van der Waals surface area contributed by atoms with Gasteiger partial charge in [-0.05, 0) is 87.5 Å². The molecule has 1 fully saturated rings. The van der Waals surface area contributed by atoms with E-state index in [9.17, 15) is 113 Å².